The number of nitrogens with one attached hydrogen (secondary N) is 2. The van der Waals surface area contributed by atoms with Crippen molar-refractivity contribution in [3.8, 4) is 0 Å². The predicted molar refractivity (Wildman–Crippen MR) is 68.5 cm³/mol. The van der Waals surface area contributed by atoms with Crippen LogP contribution < -0.4 is 5.32 Å². The van der Waals surface area contributed by atoms with E-state index in [4.69, 9.17) is 0 Å². The minimum atomic E-state index is -0.369. The van der Waals surface area contributed by atoms with E-state index < -0.39 is 0 Å². The van der Waals surface area contributed by atoms with Crippen LogP contribution in [-0.2, 0) is 6.54 Å². The first kappa shape index (κ1) is 12.1. The number of hydrogen-bond acceptors (Lipinski definition) is 4. The molecular formula is C12H14N4O2. The van der Waals surface area contributed by atoms with Crippen LogP contribution >= 0.6 is 0 Å². The minimum Gasteiger partial charge on any atom is -0.378 e. The van der Waals surface area contributed by atoms with E-state index in [0.29, 0.717) is 12.1 Å². The molecule has 0 fully saturated rings. The highest BCUT2D eigenvalue weighted by Crippen LogP contribution is 2.21. The molecule has 0 saturated carbocycles. The number of benzene rings is 1. The summed E-state index contributed by atoms with van der Waals surface area (Å²) in [5.74, 6) is 0. The Morgan fingerprint density at radius 1 is 1.39 bits per heavy atom. The Labute approximate surface area is 104 Å². The quantitative estimate of drug-likeness (QED) is 0.641. The van der Waals surface area contributed by atoms with Crippen molar-refractivity contribution >= 4 is 11.4 Å². The van der Waals surface area contributed by atoms with Crippen LogP contribution in [0.25, 0.3) is 0 Å². The second-order valence-electron chi connectivity index (χ2n) is 4.05. The number of para-hydroxylation sites is 1. The van der Waals surface area contributed by atoms with Crippen molar-refractivity contribution in [1.29, 1.82) is 0 Å². The zero-order valence-electron chi connectivity index (χ0n) is 10.2. The predicted octanol–water partition coefficient (Wildman–Crippen LogP) is 2.55. The van der Waals surface area contributed by atoms with Crippen LogP contribution in [0.2, 0.25) is 0 Å². The van der Waals surface area contributed by atoms with Crippen molar-refractivity contribution in [2.75, 3.05) is 5.32 Å². The Bertz CT molecular complexity index is 558. The van der Waals surface area contributed by atoms with Gasteiger partial charge in [0.1, 0.15) is 0 Å². The number of H-pyrrole nitrogens is 1. The van der Waals surface area contributed by atoms with Crippen LogP contribution in [0, 0.1) is 24.0 Å². The summed E-state index contributed by atoms with van der Waals surface area (Å²) in [6.45, 7) is 4.19. The second-order valence-corrected chi connectivity index (χ2v) is 4.05. The second kappa shape index (κ2) is 4.87. The third-order valence-electron chi connectivity index (χ3n) is 2.77. The number of nitrogens with zero attached hydrogens (tertiary/aromatic N) is 2. The van der Waals surface area contributed by atoms with E-state index in [0.717, 1.165) is 17.1 Å². The molecule has 94 valence electrons. The van der Waals surface area contributed by atoms with Crippen molar-refractivity contribution in [2.24, 2.45) is 0 Å². The molecule has 0 aliphatic carbocycles. The van der Waals surface area contributed by atoms with E-state index in [1.165, 1.54) is 6.07 Å². The highest BCUT2D eigenvalue weighted by atomic mass is 16.6. The molecule has 1 heterocycles. The van der Waals surface area contributed by atoms with Gasteiger partial charge in [0.25, 0.3) is 5.69 Å². The van der Waals surface area contributed by atoms with Gasteiger partial charge in [0.2, 0.25) is 0 Å². The zero-order chi connectivity index (χ0) is 13.1. The first-order chi connectivity index (χ1) is 8.59. The van der Waals surface area contributed by atoms with Crippen molar-refractivity contribution in [3.05, 3.63) is 51.3 Å². The molecule has 2 N–H and O–H groups in total. The third-order valence-corrected chi connectivity index (χ3v) is 2.77. The zero-order valence-corrected chi connectivity index (χ0v) is 10.2. The Morgan fingerprint density at radius 3 is 2.72 bits per heavy atom. The average molecular weight is 246 g/mol. The fraction of sp³-hybridized carbons (Fsp3) is 0.250. The highest BCUT2D eigenvalue weighted by molar-refractivity contribution is 5.53. The van der Waals surface area contributed by atoms with E-state index >= 15 is 0 Å². The van der Waals surface area contributed by atoms with Crippen LogP contribution in [0.4, 0.5) is 11.4 Å². The Kier molecular flexibility index (Phi) is 3.27. The smallest absolute Gasteiger partial charge is 0.274 e. The molecule has 1 aromatic carbocycles. The maximum absolute atomic E-state index is 10.9. The van der Waals surface area contributed by atoms with Gasteiger partial charge >= 0.3 is 0 Å². The van der Waals surface area contributed by atoms with Gasteiger partial charge in [0, 0.05) is 18.2 Å². The molecule has 2 aromatic rings. The Balaban J connectivity index is 2.18. The van der Waals surface area contributed by atoms with Gasteiger partial charge in [-0.3, -0.25) is 15.2 Å². The number of nitro benzene ring substituents is 1. The lowest BCUT2D eigenvalue weighted by molar-refractivity contribution is -0.385. The molecule has 6 nitrogen and oxygen atoms in total. The van der Waals surface area contributed by atoms with Gasteiger partial charge in [-0.1, -0.05) is 18.2 Å². The lowest BCUT2D eigenvalue weighted by Gasteiger charge is -2.06. The van der Waals surface area contributed by atoms with Crippen LogP contribution in [0.5, 0.6) is 0 Å². The molecule has 0 unspecified atom stereocenters. The van der Waals surface area contributed by atoms with E-state index in [2.05, 4.69) is 15.5 Å². The highest BCUT2D eigenvalue weighted by Gasteiger charge is 2.13. The van der Waals surface area contributed by atoms with Gasteiger partial charge < -0.3 is 5.32 Å². The summed E-state index contributed by atoms with van der Waals surface area (Å²) < 4.78 is 0. The molecule has 18 heavy (non-hydrogen) atoms. The third kappa shape index (κ3) is 2.32. The number of aryl methyl sites for hydroxylation is 2. The van der Waals surface area contributed by atoms with Crippen LogP contribution in [-0.4, -0.2) is 15.1 Å². The van der Waals surface area contributed by atoms with Gasteiger partial charge in [-0.15, -0.1) is 0 Å². The summed E-state index contributed by atoms with van der Waals surface area (Å²) in [6, 6.07) is 6.71. The average Bonchev–Trinajstić information content (AvgIpc) is 2.67. The van der Waals surface area contributed by atoms with Gasteiger partial charge in [-0.2, -0.15) is 5.10 Å². The SMILES string of the molecule is Cc1n[nH]c(C)c1NCc1ccccc1[N+](=O)[O-]. The standard InChI is InChI=1S/C12H14N4O2/c1-8-12(9(2)15-14-8)13-7-10-5-3-4-6-11(10)16(17)18/h3-6,13H,7H2,1-2H3,(H,14,15). The normalized spacial score (nSPS) is 10.3. The summed E-state index contributed by atoms with van der Waals surface area (Å²) in [6.07, 6.45) is 0. The van der Waals surface area contributed by atoms with Crippen LogP contribution in [0.15, 0.2) is 24.3 Å². The fourth-order valence-electron chi connectivity index (χ4n) is 1.83. The van der Waals surface area contributed by atoms with Gasteiger partial charge in [0.05, 0.1) is 22.0 Å². The minimum absolute atomic E-state index is 0.129. The van der Waals surface area contributed by atoms with E-state index in [1.54, 1.807) is 18.2 Å². The molecule has 1 aromatic heterocycles. The largest absolute Gasteiger partial charge is 0.378 e. The number of rotatable bonds is 4. The Morgan fingerprint density at radius 2 is 2.11 bits per heavy atom. The molecule has 0 spiro atoms. The van der Waals surface area contributed by atoms with E-state index in [9.17, 15) is 10.1 Å². The monoisotopic (exact) mass is 246 g/mol. The van der Waals surface area contributed by atoms with E-state index in [1.807, 2.05) is 13.8 Å². The molecule has 0 aliphatic heterocycles. The van der Waals surface area contributed by atoms with E-state index in [-0.39, 0.29) is 10.6 Å². The topological polar surface area (TPSA) is 83.8 Å². The summed E-state index contributed by atoms with van der Waals surface area (Å²) >= 11 is 0. The lowest BCUT2D eigenvalue weighted by atomic mass is 10.1. The molecule has 2 rings (SSSR count). The number of aromatic amines is 1. The molecule has 6 heteroatoms. The summed E-state index contributed by atoms with van der Waals surface area (Å²) in [5.41, 5.74) is 3.46. The molecular weight excluding hydrogens is 232 g/mol. The number of anilines is 1. The van der Waals surface area contributed by atoms with Crippen LogP contribution in [0.1, 0.15) is 17.0 Å². The number of nitro groups is 1. The molecule has 0 bridgehead atoms. The van der Waals surface area contributed by atoms with Crippen molar-refractivity contribution in [3.63, 3.8) is 0 Å². The molecule has 0 atom stereocenters. The van der Waals surface area contributed by atoms with Crippen molar-refractivity contribution in [2.45, 2.75) is 20.4 Å². The molecule has 0 radical (unpaired) electrons. The van der Waals surface area contributed by atoms with Gasteiger partial charge in [-0.25, -0.2) is 0 Å². The number of aromatic nitrogens is 2. The van der Waals surface area contributed by atoms with Crippen molar-refractivity contribution in [1.82, 2.24) is 10.2 Å². The first-order valence-electron chi connectivity index (χ1n) is 5.57. The Hall–Kier alpha value is -2.37. The number of hydrogen-bond donors (Lipinski definition) is 2. The molecule has 0 saturated heterocycles. The summed E-state index contributed by atoms with van der Waals surface area (Å²) in [5, 5.41) is 21.0. The van der Waals surface area contributed by atoms with Gasteiger partial charge in [0.15, 0.2) is 0 Å². The van der Waals surface area contributed by atoms with Crippen LogP contribution in [0.3, 0.4) is 0 Å². The van der Waals surface area contributed by atoms with Gasteiger partial charge in [-0.05, 0) is 13.8 Å². The maximum Gasteiger partial charge on any atom is 0.274 e. The molecule has 0 amide bonds. The molecule has 0 aliphatic rings. The maximum atomic E-state index is 10.9. The summed E-state index contributed by atoms with van der Waals surface area (Å²) in [4.78, 5) is 10.5. The van der Waals surface area contributed by atoms with Crippen molar-refractivity contribution < 1.29 is 4.92 Å². The lowest BCUT2D eigenvalue weighted by Crippen LogP contribution is -2.04. The summed E-state index contributed by atoms with van der Waals surface area (Å²) in [7, 11) is 0. The fourth-order valence-corrected chi connectivity index (χ4v) is 1.83. The first-order valence-corrected chi connectivity index (χ1v) is 5.57.